The molecular formula is C38H70I2N2. The minimum atomic E-state index is 1.21. The fourth-order valence-electron chi connectivity index (χ4n) is 6.05. The van der Waals surface area contributed by atoms with Crippen molar-refractivity contribution in [3.63, 3.8) is 0 Å². The van der Waals surface area contributed by atoms with Crippen LogP contribution in [0.1, 0.15) is 182 Å². The first-order valence-corrected chi connectivity index (χ1v) is 20.7. The Balaban J connectivity index is 2.94. The highest BCUT2D eigenvalue weighted by atomic mass is 127. The number of halogens is 2. The molecule has 1 rings (SSSR count). The number of anilines is 2. The van der Waals surface area contributed by atoms with Gasteiger partial charge in [0.05, 0.1) is 11.4 Å². The Morgan fingerprint density at radius 2 is 0.571 bits per heavy atom. The first-order valence-electron chi connectivity index (χ1n) is 18.6. The quantitative estimate of drug-likeness (QED) is 0.0564. The van der Waals surface area contributed by atoms with Crippen LogP contribution in [0.25, 0.3) is 0 Å². The van der Waals surface area contributed by atoms with E-state index in [0.29, 0.717) is 0 Å². The standard InChI is InChI=1S/C38H70I2N2/c1-5-9-13-17-21-25-29-41(30-26-22-18-14-10-6-2)37-33-36(40)38(34-35(37)39)42(31-27-23-19-15-11-7-3)32-28-24-20-16-12-8-4/h33-34H,5-32H2,1-4H3. The molecule has 4 heteroatoms. The van der Waals surface area contributed by atoms with Crippen molar-refractivity contribution in [3.8, 4) is 0 Å². The van der Waals surface area contributed by atoms with Crippen molar-refractivity contribution in [1.29, 1.82) is 0 Å². The minimum Gasteiger partial charge on any atom is -0.371 e. The molecule has 246 valence electrons. The summed E-state index contributed by atoms with van der Waals surface area (Å²) in [5.41, 5.74) is 2.98. The SMILES string of the molecule is CCCCCCCCN(CCCCCCCC)c1cc(I)c(N(CCCCCCCC)CCCCCCCC)cc1I. The zero-order valence-electron chi connectivity index (χ0n) is 28.6. The van der Waals surface area contributed by atoms with Gasteiger partial charge in [0, 0.05) is 33.3 Å². The summed E-state index contributed by atoms with van der Waals surface area (Å²) in [5, 5.41) is 0. The molecule has 42 heavy (non-hydrogen) atoms. The van der Waals surface area contributed by atoms with Crippen molar-refractivity contribution in [2.24, 2.45) is 0 Å². The smallest absolute Gasteiger partial charge is 0.0514 e. The van der Waals surface area contributed by atoms with Crippen molar-refractivity contribution >= 4 is 56.6 Å². The molecular weight excluding hydrogens is 738 g/mol. The minimum absolute atomic E-state index is 1.21. The van der Waals surface area contributed by atoms with Crippen LogP contribution in [0.3, 0.4) is 0 Å². The van der Waals surface area contributed by atoms with Crippen LogP contribution in [0.4, 0.5) is 11.4 Å². The normalized spacial score (nSPS) is 11.4. The highest BCUT2D eigenvalue weighted by molar-refractivity contribution is 14.1. The lowest BCUT2D eigenvalue weighted by molar-refractivity contribution is 0.573. The molecule has 0 aliphatic heterocycles. The molecule has 0 saturated heterocycles. The van der Waals surface area contributed by atoms with Gasteiger partial charge >= 0.3 is 0 Å². The lowest BCUT2D eigenvalue weighted by Gasteiger charge is -2.30. The Bertz CT molecular complexity index is 644. The van der Waals surface area contributed by atoms with Gasteiger partial charge in [-0.2, -0.15) is 0 Å². The van der Waals surface area contributed by atoms with Crippen LogP contribution in [0.15, 0.2) is 12.1 Å². The molecule has 0 heterocycles. The number of hydrogen-bond acceptors (Lipinski definition) is 2. The van der Waals surface area contributed by atoms with E-state index in [4.69, 9.17) is 0 Å². The average molecular weight is 809 g/mol. The van der Waals surface area contributed by atoms with Crippen LogP contribution in [0.5, 0.6) is 0 Å². The van der Waals surface area contributed by atoms with Gasteiger partial charge in [-0.05, 0) is 83.0 Å². The van der Waals surface area contributed by atoms with Gasteiger partial charge in [-0.3, -0.25) is 0 Å². The molecule has 1 aromatic carbocycles. The number of hydrogen-bond donors (Lipinski definition) is 0. The molecule has 1 aromatic rings. The van der Waals surface area contributed by atoms with Gasteiger partial charge in [0.15, 0.2) is 0 Å². The van der Waals surface area contributed by atoms with Crippen LogP contribution < -0.4 is 9.80 Å². The molecule has 0 unspecified atom stereocenters. The summed E-state index contributed by atoms with van der Waals surface area (Å²) in [6.07, 6.45) is 33.0. The topological polar surface area (TPSA) is 6.48 Å². The maximum Gasteiger partial charge on any atom is 0.0514 e. The molecule has 0 aromatic heterocycles. The van der Waals surface area contributed by atoms with Gasteiger partial charge in [-0.1, -0.05) is 156 Å². The Kier molecular flexibility index (Phi) is 27.6. The molecule has 0 fully saturated rings. The summed E-state index contributed by atoms with van der Waals surface area (Å²) < 4.78 is 2.91. The van der Waals surface area contributed by atoms with Gasteiger partial charge in [-0.15, -0.1) is 0 Å². The molecule has 2 nitrogen and oxygen atoms in total. The summed E-state index contributed by atoms with van der Waals surface area (Å²) >= 11 is 5.32. The molecule has 0 radical (unpaired) electrons. The van der Waals surface area contributed by atoms with E-state index in [9.17, 15) is 0 Å². The number of nitrogens with zero attached hydrogens (tertiary/aromatic N) is 2. The zero-order valence-corrected chi connectivity index (χ0v) is 32.9. The van der Waals surface area contributed by atoms with E-state index in [1.54, 1.807) is 0 Å². The van der Waals surface area contributed by atoms with E-state index in [2.05, 4.69) is 94.8 Å². The first-order chi connectivity index (χ1) is 20.6. The third kappa shape index (κ3) is 19.6. The summed E-state index contributed by atoms with van der Waals surface area (Å²) in [6, 6.07) is 5.09. The second-order valence-corrected chi connectivity index (χ2v) is 15.1. The lowest BCUT2D eigenvalue weighted by atomic mass is 10.1. The van der Waals surface area contributed by atoms with E-state index in [1.165, 1.54) is 199 Å². The Hall–Kier alpha value is 0.280. The Labute approximate surface area is 291 Å². The number of unbranched alkanes of at least 4 members (excludes halogenated alkanes) is 20. The molecule has 0 aliphatic carbocycles. The monoisotopic (exact) mass is 808 g/mol. The van der Waals surface area contributed by atoms with Crippen molar-refractivity contribution in [3.05, 3.63) is 19.3 Å². The summed E-state index contributed by atoms with van der Waals surface area (Å²) in [5.74, 6) is 0. The highest BCUT2D eigenvalue weighted by Gasteiger charge is 2.17. The molecule has 0 spiro atoms. The first kappa shape index (κ1) is 40.3. The molecule has 0 amide bonds. The van der Waals surface area contributed by atoms with Crippen LogP contribution in [-0.4, -0.2) is 26.2 Å². The molecule has 0 N–H and O–H groups in total. The van der Waals surface area contributed by atoms with E-state index < -0.39 is 0 Å². The van der Waals surface area contributed by atoms with Crippen molar-refractivity contribution < 1.29 is 0 Å². The van der Waals surface area contributed by atoms with Gasteiger partial charge in [0.2, 0.25) is 0 Å². The predicted octanol–water partition coefficient (Wildman–Crippen LogP) is 14.0. The largest absolute Gasteiger partial charge is 0.371 e. The van der Waals surface area contributed by atoms with E-state index in [-0.39, 0.29) is 0 Å². The fourth-order valence-corrected chi connectivity index (χ4v) is 7.63. The van der Waals surface area contributed by atoms with Gasteiger partial charge < -0.3 is 9.80 Å². The molecule has 0 saturated carbocycles. The van der Waals surface area contributed by atoms with Crippen molar-refractivity contribution in [2.45, 2.75) is 182 Å². The lowest BCUT2D eigenvalue weighted by Crippen LogP contribution is -2.29. The van der Waals surface area contributed by atoms with Gasteiger partial charge in [0.25, 0.3) is 0 Å². The molecule has 0 bridgehead atoms. The zero-order chi connectivity index (χ0) is 30.7. The summed E-state index contributed by atoms with van der Waals surface area (Å²) in [7, 11) is 0. The second kappa shape index (κ2) is 28.7. The average Bonchev–Trinajstić information content (AvgIpc) is 2.99. The summed E-state index contributed by atoms with van der Waals surface area (Å²) in [6.45, 7) is 14.1. The van der Waals surface area contributed by atoms with Crippen molar-refractivity contribution in [2.75, 3.05) is 36.0 Å². The van der Waals surface area contributed by atoms with Gasteiger partial charge in [0.1, 0.15) is 0 Å². The van der Waals surface area contributed by atoms with Crippen LogP contribution in [0, 0.1) is 7.14 Å². The van der Waals surface area contributed by atoms with Crippen LogP contribution in [0.2, 0.25) is 0 Å². The van der Waals surface area contributed by atoms with Crippen LogP contribution >= 0.6 is 45.2 Å². The van der Waals surface area contributed by atoms with Crippen molar-refractivity contribution in [1.82, 2.24) is 0 Å². The number of benzene rings is 1. The maximum atomic E-state index is 2.75. The third-order valence-corrected chi connectivity index (χ3v) is 10.6. The molecule has 0 aliphatic rings. The van der Waals surface area contributed by atoms with E-state index in [1.807, 2.05) is 0 Å². The van der Waals surface area contributed by atoms with E-state index in [0.717, 1.165) is 0 Å². The highest BCUT2D eigenvalue weighted by Crippen LogP contribution is 2.34. The third-order valence-electron chi connectivity index (χ3n) is 8.82. The fraction of sp³-hybridized carbons (Fsp3) is 0.842. The number of rotatable bonds is 30. The molecule has 0 atom stereocenters. The van der Waals surface area contributed by atoms with E-state index >= 15 is 0 Å². The second-order valence-electron chi connectivity index (χ2n) is 12.8. The van der Waals surface area contributed by atoms with Gasteiger partial charge in [-0.25, -0.2) is 0 Å². The van der Waals surface area contributed by atoms with Crippen LogP contribution in [-0.2, 0) is 0 Å². The predicted molar refractivity (Wildman–Crippen MR) is 210 cm³/mol. The maximum absolute atomic E-state index is 2.75. The Morgan fingerprint density at radius 3 is 0.810 bits per heavy atom. The summed E-state index contributed by atoms with van der Waals surface area (Å²) in [4.78, 5) is 5.50. The Morgan fingerprint density at radius 1 is 0.357 bits per heavy atom.